The third-order valence-corrected chi connectivity index (χ3v) is 4.13. The van der Waals surface area contributed by atoms with Gasteiger partial charge in [0, 0.05) is 13.5 Å². The molecule has 0 aliphatic carbocycles. The van der Waals surface area contributed by atoms with Crippen LogP contribution in [0.3, 0.4) is 0 Å². The molecule has 1 saturated heterocycles. The smallest absolute Gasteiger partial charge is 0.288 e. The first-order valence-electron chi connectivity index (χ1n) is 7.08. The highest BCUT2D eigenvalue weighted by molar-refractivity contribution is 7.85. The molecule has 1 fully saturated rings. The molecule has 3 N–H and O–H groups in total. The molecule has 2 atom stereocenters. The van der Waals surface area contributed by atoms with Gasteiger partial charge >= 0.3 is 0 Å². The van der Waals surface area contributed by atoms with Crippen molar-refractivity contribution in [1.29, 1.82) is 0 Å². The Bertz CT molecular complexity index is 764. The monoisotopic (exact) mass is 406 g/mol. The van der Waals surface area contributed by atoms with Crippen molar-refractivity contribution >= 4 is 20.2 Å². The molecule has 1 aliphatic rings. The number of alkyl halides is 2. The molecular formula is C12H20F2N2O7S2. The number of nitrogens with one attached hydrogen (secondary N) is 1. The molecule has 2 rings (SSSR count). The van der Waals surface area contributed by atoms with Gasteiger partial charge < -0.3 is 4.74 Å². The molecule has 0 radical (unpaired) electrons. The highest BCUT2D eigenvalue weighted by Gasteiger charge is 2.32. The van der Waals surface area contributed by atoms with E-state index in [2.05, 4.69) is 10.2 Å². The van der Waals surface area contributed by atoms with E-state index in [1.807, 2.05) is 0 Å². The lowest BCUT2D eigenvalue weighted by Crippen LogP contribution is -2.25. The minimum absolute atomic E-state index is 0.266. The summed E-state index contributed by atoms with van der Waals surface area (Å²) in [4.78, 5) is 0. The number of hydrogen-bond donors (Lipinski definition) is 3. The maximum absolute atomic E-state index is 13.1. The molecule has 0 spiro atoms. The molecule has 2 heterocycles. The third kappa shape index (κ3) is 9.21. The van der Waals surface area contributed by atoms with Crippen LogP contribution in [0, 0.1) is 5.92 Å². The van der Waals surface area contributed by atoms with E-state index in [0.717, 1.165) is 6.92 Å². The summed E-state index contributed by atoms with van der Waals surface area (Å²) in [5, 5.41) is 6.04. The molecule has 1 aliphatic heterocycles. The zero-order chi connectivity index (χ0) is 19.5. The Morgan fingerprint density at radius 3 is 2.36 bits per heavy atom. The minimum Gasteiger partial charge on any atom is -0.372 e. The third-order valence-electron chi connectivity index (χ3n) is 3.23. The largest absolute Gasteiger partial charge is 0.372 e. The van der Waals surface area contributed by atoms with Crippen LogP contribution in [-0.2, 0) is 30.9 Å². The van der Waals surface area contributed by atoms with Crippen LogP contribution in [0.2, 0.25) is 0 Å². The van der Waals surface area contributed by atoms with Crippen LogP contribution in [0.15, 0.2) is 6.07 Å². The molecule has 0 amide bonds. The molecule has 25 heavy (non-hydrogen) atoms. The quantitative estimate of drug-likeness (QED) is 0.636. The van der Waals surface area contributed by atoms with E-state index in [1.54, 1.807) is 0 Å². The van der Waals surface area contributed by atoms with Gasteiger partial charge in [-0.25, -0.2) is 0 Å². The number of nitrogens with zero attached hydrogens (tertiary/aromatic N) is 1. The predicted octanol–water partition coefficient (Wildman–Crippen LogP) is 1.38. The van der Waals surface area contributed by atoms with Crippen molar-refractivity contribution in [2.45, 2.75) is 31.8 Å². The Balaban J connectivity index is 0.000000550. The van der Waals surface area contributed by atoms with Crippen molar-refractivity contribution in [3.63, 3.8) is 0 Å². The number of H-pyrrole nitrogens is 1. The highest BCUT2D eigenvalue weighted by Crippen LogP contribution is 2.33. The summed E-state index contributed by atoms with van der Waals surface area (Å²) in [5.41, 5.74) is 0.00886. The van der Waals surface area contributed by atoms with Crippen LogP contribution in [-0.4, -0.2) is 54.8 Å². The van der Waals surface area contributed by atoms with Gasteiger partial charge in [-0.2, -0.15) is 30.7 Å². The maximum atomic E-state index is 13.1. The summed E-state index contributed by atoms with van der Waals surface area (Å²) >= 11 is 0. The van der Waals surface area contributed by atoms with E-state index in [9.17, 15) is 25.6 Å². The Hall–Kier alpha value is -1.15. The van der Waals surface area contributed by atoms with Gasteiger partial charge in [-0.15, -0.1) is 0 Å². The number of halogens is 2. The lowest BCUT2D eigenvalue weighted by molar-refractivity contribution is -0.00846. The Morgan fingerprint density at radius 1 is 1.36 bits per heavy atom. The Morgan fingerprint density at radius 2 is 1.92 bits per heavy atom. The first-order valence-corrected chi connectivity index (χ1v) is 10.5. The van der Waals surface area contributed by atoms with E-state index in [0.29, 0.717) is 31.4 Å². The highest BCUT2D eigenvalue weighted by atomic mass is 32.2. The molecule has 0 saturated carbocycles. The molecule has 2 unspecified atom stereocenters. The number of hydrogen-bond acceptors (Lipinski definition) is 6. The normalized spacial score (nSPS) is 22.2. The van der Waals surface area contributed by atoms with Crippen molar-refractivity contribution in [2.75, 3.05) is 18.6 Å². The zero-order valence-corrected chi connectivity index (χ0v) is 15.1. The van der Waals surface area contributed by atoms with Gasteiger partial charge in [-0.3, -0.25) is 14.2 Å². The summed E-state index contributed by atoms with van der Waals surface area (Å²) in [7, 11) is -7.72. The average molecular weight is 406 g/mol. The number of aromatic amines is 1. The van der Waals surface area contributed by atoms with Gasteiger partial charge in [0.05, 0.1) is 23.8 Å². The maximum Gasteiger partial charge on any atom is 0.288 e. The summed E-state index contributed by atoms with van der Waals surface area (Å²) in [6, 6.07) is 1.22. The van der Waals surface area contributed by atoms with Crippen LogP contribution in [0.1, 0.15) is 37.3 Å². The zero-order valence-electron chi connectivity index (χ0n) is 13.5. The van der Waals surface area contributed by atoms with Gasteiger partial charge in [-0.1, -0.05) is 0 Å². The Kier molecular flexibility index (Phi) is 7.03. The SMILES string of the molecule is CC(F)(F)c1cc(C2CC(CS(=O)(=O)O)CCO2)[nH]n1.CS(=O)(=O)O. The van der Waals surface area contributed by atoms with Crippen molar-refractivity contribution in [1.82, 2.24) is 10.2 Å². The van der Waals surface area contributed by atoms with Gasteiger partial charge in [0.1, 0.15) is 5.69 Å². The van der Waals surface area contributed by atoms with Crippen LogP contribution in [0.5, 0.6) is 0 Å². The van der Waals surface area contributed by atoms with E-state index in [1.165, 1.54) is 6.07 Å². The van der Waals surface area contributed by atoms with Crippen LogP contribution < -0.4 is 0 Å². The molecule has 13 heteroatoms. The molecule has 1 aromatic heterocycles. The number of aromatic nitrogens is 2. The van der Waals surface area contributed by atoms with Crippen LogP contribution >= 0.6 is 0 Å². The van der Waals surface area contributed by atoms with Gasteiger partial charge in [0.15, 0.2) is 0 Å². The van der Waals surface area contributed by atoms with Crippen LogP contribution in [0.25, 0.3) is 0 Å². The van der Waals surface area contributed by atoms with E-state index in [4.69, 9.17) is 13.8 Å². The summed E-state index contributed by atoms with van der Waals surface area (Å²) in [5.74, 6) is -3.66. The first-order chi connectivity index (χ1) is 11.1. The second-order valence-electron chi connectivity index (χ2n) is 5.83. The van der Waals surface area contributed by atoms with Crippen molar-refractivity contribution in [3.8, 4) is 0 Å². The molecule has 9 nitrogen and oxygen atoms in total. The topological polar surface area (TPSA) is 147 Å². The molecule has 0 bridgehead atoms. The average Bonchev–Trinajstić information content (AvgIpc) is 2.84. The standard InChI is InChI=1S/C11H16F2N2O4S.CH4O3S/c1-11(12,13)10-5-8(14-15-10)9-4-7(2-3-19-9)6-20(16,17)18;1-5(2,3)4/h5,7,9H,2-4,6H2,1H3,(H,14,15)(H,16,17,18);1H3,(H,2,3,4). The number of ether oxygens (including phenoxy) is 1. The summed E-state index contributed by atoms with van der Waals surface area (Å²) < 4.78 is 88.1. The van der Waals surface area contributed by atoms with Crippen molar-refractivity contribution in [3.05, 3.63) is 17.5 Å². The van der Waals surface area contributed by atoms with Gasteiger partial charge in [0.2, 0.25) is 0 Å². The van der Waals surface area contributed by atoms with E-state index in [-0.39, 0.29) is 17.4 Å². The fourth-order valence-electron chi connectivity index (χ4n) is 2.26. The number of rotatable bonds is 4. The first kappa shape index (κ1) is 21.9. The Labute approximate surface area is 144 Å². The summed E-state index contributed by atoms with van der Waals surface area (Å²) in [6.45, 7) is 1.05. The molecule has 1 aromatic rings. The molecular weight excluding hydrogens is 386 g/mol. The second-order valence-corrected chi connectivity index (χ2v) is 8.79. The van der Waals surface area contributed by atoms with Crippen molar-refractivity contribution in [2.24, 2.45) is 5.92 Å². The van der Waals surface area contributed by atoms with Gasteiger partial charge in [0.25, 0.3) is 26.2 Å². The lowest BCUT2D eigenvalue weighted by atomic mass is 9.95. The van der Waals surface area contributed by atoms with Crippen LogP contribution in [0.4, 0.5) is 8.78 Å². The van der Waals surface area contributed by atoms with Gasteiger partial charge in [-0.05, 0) is 24.8 Å². The second kappa shape index (κ2) is 8.03. The minimum atomic E-state index is -4.05. The molecule has 0 aromatic carbocycles. The fourth-order valence-corrected chi connectivity index (χ4v) is 3.16. The summed E-state index contributed by atoms with van der Waals surface area (Å²) in [6.07, 6.45) is 1.03. The lowest BCUT2D eigenvalue weighted by Gasteiger charge is -2.28. The predicted molar refractivity (Wildman–Crippen MR) is 83.5 cm³/mol. The fraction of sp³-hybridized carbons (Fsp3) is 0.750. The van der Waals surface area contributed by atoms with E-state index >= 15 is 0 Å². The molecule has 146 valence electrons. The van der Waals surface area contributed by atoms with Crippen molar-refractivity contribution < 1.29 is 39.5 Å². The van der Waals surface area contributed by atoms with E-state index < -0.39 is 32.3 Å².